The van der Waals surface area contributed by atoms with Crippen LogP contribution in [-0.2, 0) is 5.41 Å². The van der Waals surface area contributed by atoms with Gasteiger partial charge in [-0.3, -0.25) is 0 Å². The van der Waals surface area contributed by atoms with E-state index in [1.807, 2.05) is 24.3 Å². The average molecular weight is 761 g/mol. The molecule has 11 rings (SSSR count). The minimum Gasteiger partial charge on any atom is -0.208 e. The number of nitriles is 1. The Hall–Kier alpha value is -6.70. The number of hydrogen-bond donors (Lipinski definition) is 0. The summed E-state index contributed by atoms with van der Waals surface area (Å²) in [7, 11) is 0. The van der Waals surface area contributed by atoms with E-state index in [4.69, 9.17) is 15.0 Å². The quantitative estimate of drug-likeness (QED) is 0.164. The zero-order valence-electron chi connectivity index (χ0n) is 33.5. The molecule has 1 heterocycles. The third-order valence-electron chi connectivity index (χ3n) is 13.5. The maximum Gasteiger partial charge on any atom is 0.164 e. The van der Waals surface area contributed by atoms with Crippen LogP contribution in [0.25, 0.3) is 88.4 Å². The molecular formula is C55H44N4. The lowest BCUT2D eigenvalue weighted by atomic mass is 9.54. The Labute approximate surface area is 345 Å². The van der Waals surface area contributed by atoms with Crippen molar-refractivity contribution in [3.63, 3.8) is 0 Å². The first-order valence-corrected chi connectivity index (χ1v) is 21.2. The van der Waals surface area contributed by atoms with Crippen LogP contribution in [0.15, 0.2) is 152 Å². The summed E-state index contributed by atoms with van der Waals surface area (Å²) in [5.41, 5.74) is 7.53. The van der Waals surface area contributed by atoms with Crippen molar-refractivity contribution < 1.29 is 0 Å². The van der Waals surface area contributed by atoms with Crippen molar-refractivity contribution >= 4 is 43.1 Å². The summed E-state index contributed by atoms with van der Waals surface area (Å²) < 4.78 is 0. The molecule has 2 unspecified atom stereocenters. The molecule has 2 fully saturated rings. The van der Waals surface area contributed by atoms with E-state index in [2.05, 4.69) is 147 Å². The molecule has 2 aliphatic carbocycles. The van der Waals surface area contributed by atoms with Gasteiger partial charge in [0.25, 0.3) is 0 Å². The van der Waals surface area contributed by atoms with Gasteiger partial charge < -0.3 is 0 Å². The summed E-state index contributed by atoms with van der Waals surface area (Å²) in [5.74, 6) is 4.27. The zero-order chi connectivity index (χ0) is 39.7. The Bertz CT molecular complexity index is 3130. The summed E-state index contributed by atoms with van der Waals surface area (Å²) in [6.07, 6.45) is 6.52. The minimum atomic E-state index is 0.203. The molecular weight excluding hydrogens is 717 g/mol. The second kappa shape index (κ2) is 14.0. The van der Waals surface area contributed by atoms with E-state index in [9.17, 15) is 5.26 Å². The topological polar surface area (TPSA) is 62.5 Å². The van der Waals surface area contributed by atoms with Gasteiger partial charge in [0.15, 0.2) is 17.5 Å². The molecule has 2 bridgehead atoms. The molecule has 2 saturated carbocycles. The lowest BCUT2D eigenvalue weighted by Gasteiger charge is -2.51. The van der Waals surface area contributed by atoms with E-state index < -0.39 is 0 Å². The summed E-state index contributed by atoms with van der Waals surface area (Å²) in [6.45, 7) is 4.94. The normalized spacial score (nSPS) is 20.3. The largest absolute Gasteiger partial charge is 0.208 e. The molecule has 0 saturated heterocycles. The van der Waals surface area contributed by atoms with Crippen LogP contribution in [-0.4, -0.2) is 15.0 Å². The maximum absolute atomic E-state index is 9.96. The summed E-state index contributed by atoms with van der Waals surface area (Å²) in [4.78, 5) is 15.8. The van der Waals surface area contributed by atoms with Gasteiger partial charge in [-0.25, -0.2) is 15.0 Å². The first kappa shape index (κ1) is 35.5. The molecule has 0 aliphatic heterocycles. The van der Waals surface area contributed by atoms with Crippen LogP contribution in [0.4, 0.5) is 0 Å². The second-order valence-electron chi connectivity index (χ2n) is 17.6. The van der Waals surface area contributed by atoms with E-state index in [1.54, 1.807) is 0 Å². The number of benzene rings is 8. The first-order valence-electron chi connectivity index (χ1n) is 21.2. The molecule has 284 valence electrons. The van der Waals surface area contributed by atoms with E-state index in [-0.39, 0.29) is 5.41 Å². The van der Waals surface area contributed by atoms with Crippen molar-refractivity contribution in [1.29, 1.82) is 5.26 Å². The van der Waals surface area contributed by atoms with Crippen LogP contribution in [0.3, 0.4) is 0 Å². The molecule has 4 atom stereocenters. The van der Waals surface area contributed by atoms with Crippen LogP contribution >= 0.6 is 0 Å². The van der Waals surface area contributed by atoms with Crippen molar-refractivity contribution in [3.05, 3.63) is 163 Å². The van der Waals surface area contributed by atoms with Gasteiger partial charge in [0.1, 0.15) is 0 Å². The maximum atomic E-state index is 9.96. The zero-order valence-corrected chi connectivity index (χ0v) is 33.5. The molecule has 0 N–H and O–H groups in total. The van der Waals surface area contributed by atoms with Gasteiger partial charge in [-0.1, -0.05) is 153 Å². The lowest BCUT2D eigenvalue weighted by molar-refractivity contribution is 0.0790. The van der Waals surface area contributed by atoms with Gasteiger partial charge in [-0.2, -0.15) is 5.26 Å². The van der Waals surface area contributed by atoms with Gasteiger partial charge >= 0.3 is 0 Å². The fraction of sp³-hybridized carbons (Fsp3) is 0.200. The van der Waals surface area contributed by atoms with Gasteiger partial charge in [0.2, 0.25) is 0 Å². The molecule has 4 heteroatoms. The fourth-order valence-electron chi connectivity index (χ4n) is 11.4. The van der Waals surface area contributed by atoms with Crippen LogP contribution < -0.4 is 0 Å². The van der Waals surface area contributed by atoms with Gasteiger partial charge in [-0.15, -0.1) is 0 Å². The average Bonchev–Trinajstić information content (AvgIpc) is 3.27. The summed E-state index contributed by atoms with van der Waals surface area (Å²) in [5, 5.41) is 19.0. The van der Waals surface area contributed by atoms with Crippen molar-refractivity contribution in [2.24, 2.45) is 17.8 Å². The Morgan fingerprint density at radius 1 is 0.475 bits per heavy atom. The Morgan fingerprint density at radius 2 is 1.07 bits per heavy atom. The molecule has 0 spiro atoms. The highest BCUT2D eigenvalue weighted by Gasteiger charge is 2.46. The predicted molar refractivity (Wildman–Crippen MR) is 243 cm³/mol. The molecule has 59 heavy (non-hydrogen) atoms. The Balaban J connectivity index is 1.05. The smallest absolute Gasteiger partial charge is 0.164 e. The van der Waals surface area contributed by atoms with Crippen molar-refractivity contribution in [2.75, 3.05) is 0 Å². The Morgan fingerprint density at radius 3 is 1.81 bits per heavy atom. The lowest BCUT2D eigenvalue weighted by Crippen LogP contribution is -2.42. The number of fused-ring (bicyclic) bond motifs is 7. The number of rotatable bonds is 5. The minimum absolute atomic E-state index is 0.203. The van der Waals surface area contributed by atoms with E-state index in [0.717, 1.165) is 77.9 Å². The molecule has 1 aromatic heterocycles. The number of aromatic nitrogens is 3. The van der Waals surface area contributed by atoms with Gasteiger partial charge in [-0.05, 0) is 122 Å². The van der Waals surface area contributed by atoms with Crippen LogP contribution in [0.2, 0.25) is 0 Å². The Kier molecular flexibility index (Phi) is 8.41. The highest BCUT2D eigenvalue weighted by molar-refractivity contribution is 6.10. The van der Waals surface area contributed by atoms with E-state index >= 15 is 0 Å². The molecule has 9 aromatic rings. The highest BCUT2D eigenvalue weighted by Crippen LogP contribution is 2.55. The SMILES string of the molecule is C[C@@H]1CC2C[C@H](C)CC(c3ccc(-c4nc(-c5ccc(-c6ccc7c(c6)cc(C#N)c6ccccc67)cc5)nc(-c5cccc6ccccc56)n4)c4ccccc34)(C2)C1. The molecule has 0 amide bonds. The number of nitrogens with zero attached hydrogens (tertiary/aromatic N) is 4. The van der Waals surface area contributed by atoms with Crippen molar-refractivity contribution in [2.45, 2.75) is 51.4 Å². The number of hydrogen-bond acceptors (Lipinski definition) is 4. The third-order valence-corrected chi connectivity index (χ3v) is 13.5. The second-order valence-corrected chi connectivity index (χ2v) is 17.6. The van der Waals surface area contributed by atoms with E-state index in [1.165, 1.54) is 48.4 Å². The standard InChI is InChI=1S/C55H44N4/c1-34-26-36-27-35(2)31-55(30-34,32-36)51-25-24-50(47-15-7-8-16-48(47)51)54-58-52(57-53(59-54)49-17-9-11-38-10-3-4-12-43(38)49)39-20-18-37(19-21-39)40-22-23-45-41(28-40)29-42(33-56)44-13-5-6-14-46(44)45/h3-25,28-29,34-36H,26-27,30-32H2,1-2H3/t34-,35+,36?,55?. The third kappa shape index (κ3) is 6.07. The monoisotopic (exact) mass is 760 g/mol. The van der Waals surface area contributed by atoms with Gasteiger partial charge in [0, 0.05) is 22.1 Å². The van der Waals surface area contributed by atoms with Crippen LogP contribution in [0.5, 0.6) is 0 Å². The highest BCUT2D eigenvalue weighted by atomic mass is 15.0. The van der Waals surface area contributed by atoms with Gasteiger partial charge in [0.05, 0.1) is 11.6 Å². The summed E-state index contributed by atoms with van der Waals surface area (Å²) >= 11 is 0. The van der Waals surface area contributed by atoms with Crippen molar-refractivity contribution in [1.82, 2.24) is 15.0 Å². The molecule has 4 nitrogen and oxygen atoms in total. The van der Waals surface area contributed by atoms with Crippen LogP contribution in [0.1, 0.15) is 57.1 Å². The van der Waals surface area contributed by atoms with Crippen molar-refractivity contribution in [3.8, 4) is 51.4 Å². The predicted octanol–water partition coefficient (Wildman–Crippen LogP) is 14.1. The van der Waals surface area contributed by atoms with E-state index in [0.29, 0.717) is 23.0 Å². The molecule has 2 aliphatic rings. The molecule has 0 radical (unpaired) electrons. The fourth-order valence-corrected chi connectivity index (χ4v) is 11.4. The van der Waals surface area contributed by atoms with Crippen LogP contribution in [0, 0.1) is 29.1 Å². The molecule has 8 aromatic carbocycles. The first-order chi connectivity index (χ1) is 28.9. The summed E-state index contributed by atoms with van der Waals surface area (Å²) in [6, 6.07) is 56.1.